The van der Waals surface area contributed by atoms with Crippen LogP contribution in [0.1, 0.15) is 26.3 Å². The highest BCUT2D eigenvalue weighted by atomic mass is 35.5. The zero-order chi connectivity index (χ0) is 15.5. The van der Waals surface area contributed by atoms with Gasteiger partial charge in [-0.25, -0.2) is 4.79 Å². The number of carbonyl (C=O) groups excluding carboxylic acids is 1. The van der Waals surface area contributed by atoms with Crippen molar-refractivity contribution in [1.29, 1.82) is 0 Å². The van der Waals surface area contributed by atoms with E-state index in [2.05, 4.69) is 5.32 Å². The van der Waals surface area contributed by atoms with Gasteiger partial charge in [-0.15, -0.1) is 0 Å². The number of nitrogens with zero attached hydrogens (tertiary/aromatic N) is 1. The van der Waals surface area contributed by atoms with E-state index >= 15 is 0 Å². The van der Waals surface area contributed by atoms with Crippen molar-refractivity contribution in [3.05, 3.63) is 28.8 Å². The van der Waals surface area contributed by atoms with Gasteiger partial charge in [0, 0.05) is 16.2 Å². The first kappa shape index (κ1) is 16.3. The van der Waals surface area contributed by atoms with Crippen molar-refractivity contribution in [2.75, 3.05) is 11.9 Å². The van der Waals surface area contributed by atoms with Gasteiger partial charge in [-0.2, -0.15) is 0 Å². The molecule has 0 unspecified atom stereocenters. The molecule has 0 fully saturated rings. The number of halogens is 1. The molecule has 0 bridgehead atoms. The molecular formula is C14H19ClN2O3. The number of urea groups is 1. The Balaban J connectivity index is 2.90. The SMILES string of the molecule is Cc1ccc(NC(=O)N(CC(=O)O)C(C)(C)C)cc1Cl. The maximum atomic E-state index is 12.2. The van der Waals surface area contributed by atoms with Crippen LogP contribution in [0.2, 0.25) is 5.02 Å². The summed E-state index contributed by atoms with van der Waals surface area (Å²) in [5.41, 5.74) is 0.838. The van der Waals surface area contributed by atoms with Crippen molar-refractivity contribution in [1.82, 2.24) is 4.90 Å². The summed E-state index contributed by atoms with van der Waals surface area (Å²) in [7, 11) is 0. The summed E-state index contributed by atoms with van der Waals surface area (Å²) in [5.74, 6) is -1.06. The Hall–Kier alpha value is -1.75. The summed E-state index contributed by atoms with van der Waals surface area (Å²) < 4.78 is 0. The van der Waals surface area contributed by atoms with Crippen molar-refractivity contribution >= 4 is 29.3 Å². The zero-order valence-electron chi connectivity index (χ0n) is 12.0. The monoisotopic (exact) mass is 298 g/mol. The smallest absolute Gasteiger partial charge is 0.323 e. The Bertz CT molecular complexity index is 524. The lowest BCUT2D eigenvalue weighted by Crippen LogP contribution is -2.50. The number of aliphatic carboxylic acids is 1. The summed E-state index contributed by atoms with van der Waals surface area (Å²) in [4.78, 5) is 24.3. The fourth-order valence-electron chi connectivity index (χ4n) is 1.61. The van der Waals surface area contributed by atoms with E-state index in [4.69, 9.17) is 16.7 Å². The lowest BCUT2D eigenvalue weighted by molar-refractivity contribution is -0.138. The number of hydrogen-bond donors (Lipinski definition) is 2. The van der Waals surface area contributed by atoms with E-state index in [0.717, 1.165) is 5.56 Å². The van der Waals surface area contributed by atoms with E-state index in [1.54, 1.807) is 39.0 Å². The van der Waals surface area contributed by atoms with E-state index in [9.17, 15) is 9.59 Å². The summed E-state index contributed by atoms with van der Waals surface area (Å²) >= 11 is 5.99. The largest absolute Gasteiger partial charge is 0.480 e. The summed E-state index contributed by atoms with van der Waals surface area (Å²) in [6.07, 6.45) is 0. The number of carbonyl (C=O) groups is 2. The van der Waals surface area contributed by atoms with Crippen LogP contribution in [0, 0.1) is 6.92 Å². The molecule has 0 radical (unpaired) electrons. The Labute approximate surface area is 123 Å². The van der Waals surface area contributed by atoms with Gasteiger partial charge < -0.3 is 15.3 Å². The molecule has 5 nitrogen and oxygen atoms in total. The number of rotatable bonds is 3. The molecule has 0 atom stereocenters. The number of amides is 2. The number of nitrogens with one attached hydrogen (secondary N) is 1. The molecule has 0 saturated carbocycles. The van der Waals surface area contributed by atoms with Gasteiger partial charge in [-0.3, -0.25) is 4.79 Å². The molecule has 1 aromatic rings. The second kappa shape index (κ2) is 6.13. The van der Waals surface area contributed by atoms with Crippen molar-refractivity contribution in [2.45, 2.75) is 33.2 Å². The van der Waals surface area contributed by atoms with Crippen LogP contribution in [0.15, 0.2) is 18.2 Å². The van der Waals surface area contributed by atoms with Gasteiger partial charge in [0.2, 0.25) is 0 Å². The van der Waals surface area contributed by atoms with Gasteiger partial charge in [0.1, 0.15) is 6.54 Å². The maximum Gasteiger partial charge on any atom is 0.323 e. The quantitative estimate of drug-likeness (QED) is 0.899. The Morgan fingerprint density at radius 2 is 1.95 bits per heavy atom. The van der Waals surface area contributed by atoms with Crippen LogP contribution in [-0.2, 0) is 4.79 Å². The molecule has 2 N–H and O–H groups in total. The topological polar surface area (TPSA) is 69.6 Å². The second-order valence-corrected chi connectivity index (χ2v) is 5.95. The first-order valence-corrected chi connectivity index (χ1v) is 6.55. The van der Waals surface area contributed by atoms with Crippen molar-refractivity contribution in [2.24, 2.45) is 0 Å². The van der Waals surface area contributed by atoms with Crippen molar-refractivity contribution in [3.8, 4) is 0 Å². The fourth-order valence-corrected chi connectivity index (χ4v) is 1.79. The Morgan fingerprint density at radius 3 is 2.40 bits per heavy atom. The highest BCUT2D eigenvalue weighted by Gasteiger charge is 2.28. The predicted molar refractivity (Wildman–Crippen MR) is 79.3 cm³/mol. The van der Waals surface area contributed by atoms with Crippen LogP contribution in [0.25, 0.3) is 0 Å². The molecule has 0 heterocycles. The van der Waals surface area contributed by atoms with Crippen LogP contribution in [0.3, 0.4) is 0 Å². The number of carboxylic acid groups (broad SMARTS) is 1. The molecule has 20 heavy (non-hydrogen) atoms. The lowest BCUT2D eigenvalue weighted by Gasteiger charge is -2.34. The molecule has 1 aromatic carbocycles. The molecule has 2 amide bonds. The number of aryl methyl sites for hydroxylation is 1. The van der Waals surface area contributed by atoms with Crippen LogP contribution < -0.4 is 5.32 Å². The summed E-state index contributed by atoms with van der Waals surface area (Å²) in [6, 6.07) is 4.67. The molecular weight excluding hydrogens is 280 g/mol. The normalized spacial score (nSPS) is 11.1. The summed E-state index contributed by atoms with van der Waals surface area (Å²) in [5, 5.41) is 12.1. The first-order chi connectivity index (χ1) is 9.11. The zero-order valence-corrected chi connectivity index (χ0v) is 12.8. The standard InChI is InChI=1S/C14H19ClN2O3/c1-9-5-6-10(7-11(9)15)16-13(20)17(8-12(18)19)14(2,3)4/h5-7H,8H2,1-4H3,(H,16,20)(H,18,19). The molecule has 0 aromatic heterocycles. The average molecular weight is 299 g/mol. The highest BCUT2D eigenvalue weighted by Crippen LogP contribution is 2.21. The predicted octanol–water partition coefficient (Wildman–Crippen LogP) is 3.37. The summed E-state index contributed by atoms with van der Waals surface area (Å²) in [6.45, 7) is 6.82. The Morgan fingerprint density at radius 1 is 1.35 bits per heavy atom. The minimum atomic E-state index is -1.06. The van der Waals surface area contributed by atoms with Gasteiger partial charge in [0.15, 0.2) is 0 Å². The maximum absolute atomic E-state index is 12.2. The lowest BCUT2D eigenvalue weighted by atomic mass is 10.1. The minimum Gasteiger partial charge on any atom is -0.480 e. The third-order valence-electron chi connectivity index (χ3n) is 2.77. The third kappa shape index (κ3) is 4.42. The fraction of sp³-hybridized carbons (Fsp3) is 0.429. The number of hydrogen-bond acceptors (Lipinski definition) is 2. The molecule has 6 heteroatoms. The third-order valence-corrected chi connectivity index (χ3v) is 3.18. The molecule has 0 aliphatic carbocycles. The van der Waals surface area contributed by atoms with Crippen molar-refractivity contribution in [3.63, 3.8) is 0 Å². The Kier molecular flexibility index (Phi) is 5.00. The van der Waals surface area contributed by atoms with Gasteiger partial charge in [-0.1, -0.05) is 17.7 Å². The average Bonchev–Trinajstić information content (AvgIpc) is 2.29. The van der Waals surface area contributed by atoms with Crippen LogP contribution in [0.5, 0.6) is 0 Å². The van der Waals surface area contributed by atoms with Gasteiger partial charge >= 0.3 is 12.0 Å². The molecule has 0 spiro atoms. The van der Waals surface area contributed by atoms with Gasteiger partial charge in [0.25, 0.3) is 0 Å². The van der Waals surface area contributed by atoms with Crippen LogP contribution >= 0.6 is 11.6 Å². The number of carboxylic acids is 1. The molecule has 110 valence electrons. The van der Waals surface area contributed by atoms with Crippen molar-refractivity contribution < 1.29 is 14.7 Å². The highest BCUT2D eigenvalue weighted by molar-refractivity contribution is 6.31. The number of anilines is 1. The van der Waals surface area contributed by atoms with E-state index in [0.29, 0.717) is 10.7 Å². The molecule has 0 aliphatic heterocycles. The van der Waals surface area contributed by atoms with E-state index in [-0.39, 0.29) is 6.54 Å². The molecule has 0 saturated heterocycles. The van der Waals surface area contributed by atoms with Crippen LogP contribution in [0.4, 0.5) is 10.5 Å². The van der Waals surface area contributed by atoms with Gasteiger partial charge in [-0.05, 0) is 45.4 Å². The first-order valence-electron chi connectivity index (χ1n) is 6.18. The second-order valence-electron chi connectivity index (χ2n) is 5.54. The molecule has 1 rings (SSSR count). The van der Waals surface area contributed by atoms with E-state index in [1.807, 2.05) is 6.92 Å². The van der Waals surface area contributed by atoms with Gasteiger partial charge in [0.05, 0.1) is 0 Å². The van der Waals surface area contributed by atoms with E-state index in [1.165, 1.54) is 4.90 Å². The van der Waals surface area contributed by atoms with E-state index < -0.39 is 17.5 Å². The van der Waals surface area contributed by atoms with Crippen LogP contribution in [-0.4, -0.2) is 34.1 Å². The molecule has 0 aliphatic rings. The minimum absolute atomic E-state index is 0.366. The number of benzene rings is 1.